The Labute approximate surface area is 130 Å². The Hall–Kier alpha value is -1.68. The highest BCUT2D eigenvalue weighted by atomic mass is 32.1. The number of carbonyl (C=O) groups excluding carboxylic acids is 1. The minimum absolute atomic E-state index is 0.0672. The van der Waals surface area contributed by atoms with Crippen LogP contribution in [0.5, 0.6) is 0 Å². The number of aromatic nitrogens is 1. The van der Waals surface area contributed by atoms with Crippen molar-refractivity contribution in [1.29, 1.82) is 0 Å². The molecular formula is C17H22N2OS. The fourth-order valence-electron chi connectivity index (χ4n) is 2.06. The van der Waals surface area contributed by atoms with Gasteiger partial charge in [0, 0.05) is 17.5 Å². The van der Waals surface area contributed by atoms with E-state index in [1.165, 1.54) is 0 Å². The van der Waals surface area contributed by atoms with Crippen LogP contribution in [-0.2, 0) is 10.2 Å². The van der Waals surface area contributed by atoms with Crippen LogP contribution in [0.4, 0.5) is 0 Å². The highest BCUT2D eigenvalue weighted by Gasteiger charge is 2.29. The van der Waals surface area contributed by atoms with Crippen molar-refractivity contribution in [3.8, 4) is 11.3 Å². The monoisotopic (exact) mass is 302 g/mol. The molecule has 1 aromatic heterocycles. The van der Waals surface area contributed by atoms with Crippen molar-refractivity contribution in [3.05, 3.63) is 40.7 Å². The maximum Gasteiger partial charge on any atom is 0.230 e. The zero-order valence-corrected chi connectivity index (χ0v) is 13.8. The summed E-state index contributed by atoms with van der Waals surface area (Å²) in [5.74, 6) is 0.523. The summed E-state index contributed by atoms with van der Waals surface area (Å²) in [4.78, 5) is 16.7. The van der Waals surface area contributed by atoms with Gasteiger partial charge in [0.2, 0.25) is 5.91 Å². The van der Waals surface area contributed by atoms with Gasteiger partial charge < -0.3 is 5.32 Å². The number of nitrogens with one attached hydrogen (secondary N) is 1. The third kappa shape index (κ3) is 3.70. The highest BCUT2D eigenvalue weighted by molar-refractivity contribution is 7.07. The molecule has 0 bridgehead atoms. The number of hydrogen-bond donors (Lipinski definition) is 1. The topological polar surface area (TPSA) is 42.0 Å². The molecule has 0 aliphatic rings. The number of carbonyl (C=O) groups is 1. The van der Waals surface area contributed by atoms with Crippen molar-refractivity contribution in [2.24, 2.45) is 5.92 Å². The normalized spacial score (nSPS) is 11.7. The Balaban J connectivity index is 2.14. The molecule has 0 spiro atoms. The summed E-state index contributed by atoms with van der Waals surface area (Å²) in [5.41, 5.74) is 4.37. The molecule has 0 aliphatic carbocycles. The Morgan fingerprint density at radius 3 is 2.48 bits per heavy atom. The van der Waals surface area contributed by atoms with Crippen molar-refractivity contribution in [1.82, 2.24) is 10.3 Å². The summed E-state index contributed by atoms with van der Waals surface area (Å²) >= 11 is 1.58. The maximum absolute atomic E-state index is 12.4. The molecule has 1 N–H and O–H groups in total. The van der Waals surface area contributed by atoms with E-state index in [1.807, 2.05) is 49.0 Å². The van der Waals surface area contributed by atoms with E-state index in [2.05, 4.69) is 24.1 Å². The van der Waals surface area contributed by atoms with Gasteiger partial charge >= 0.3 is 0 Å². The first kappa shape index (κ1) is 15.7. The molecule has 0 radical (unpaired) electrons. The van der Waals surface area contributed by atoms with E-state index in [4.69, 9.17) is 0 Å². The van der Waals surface area contributed by atoms with Gasteiger partial charge in [-0.3, -0.25) is 4.79 Å². The van der Waals surface area contributed by atoms with Gasteiger partial charge in [-0.05, 0) is 25.3 Å². The molecule has 21 heavy (non-hydrogen) atoms. The van der Waals surface area contributed by atoms with Crippen molar-refractivity contribution < 1.29 is 4.79 Å². The zero-order valence-electron chi connectivity index (χ0n) is 13.0. The molecule has 0 atom stereocenters. The van der Waals surface area contributed by atoms with E-state index in [1.54, 1.807) is 11.3 Å². The second-order valence-electron chi connectivity index (χ2n) is 6.18. The second-order valence-corrected chi connectivity index (χ2v) is 6.90. The molecule has 0 saturated heterocycles. The predicted octanol–water partition coefficient (Wildman–Crippen LogP) is 3.86. The molecule has 0 unspecified atom stereocenters. The molecule has 3 nitrogen and oxygen atoms in total. The van der Waals surface area contributed by atoms with E-state index in [0.717, 1.165) is 16.8 Å². The minimum atomic E-state index is -0.532. The summed E-state index contributed by atoms with van der Waals surface area (Å²) in [6.07, 6.45) is 0. The van der Waals surface area contributed by atoms with Gasteiger partial charge in [-0.15, -0.1) is 11.3 Å². The van der Waals surface area contributed by atoms with Crippen molar-refractivity contribution in [2.45, 2.75) is 33.1 Å². The van der Waals surface area contributed by atoms with Crippen LogP contribution < -0.4 is 5.32 Å². The lowest BCUT2D eigenvalue weighted by Crippen LogP contribution is -2.41. The van der Waals surface area contributed by atoms with Crippen LogP contribution in [0.1, 0.15) is 33.3 Å². The maximum atomic E-state index is 12.4. The van der Waals surface area contributed by atoms with Gasteiger partial charge in [0.1, 0.15) is 0 Å². The van der Waals surface area contributed by atoms with Crippen molar-refractivity contribution in [3.63, 3.8) is 0 Å². The third-order valence-electron chi connectivity index (χ3n) is 3.57. The Morgan fingerprint density at radius 2 is 1.95 bits per heavy atom. The number of benzene rings is 1. The molecule has 1 amide bonds. The van der Waals surface area contributed by atoms with Crippen molar-refractivity contribution >= 4 is 17.2 Å². The fourth-order valence-corrected chi connectivity index (χ4v) is 2.62. The first-order valence-corrected chi connectivity index (χ1v) is 8.13. The van der Waals surface area contributed by atoms with Gasteiger partial charge in [-0.1, -0.05) is 38.1 Å². The quantitative estimate of drug-likeness (QED) is 0.911. The fraction of sp³-hybridized carbons (Fsp3) is 0.412. The molecule has 0 saturated carbocycles. The van der Waals surface area contributed by atoms with Crippen LogP contribution in [0.3, 0.4) is 0 Å². The van der Waals surface area contributed by atoms with E-state index in [-0.39, 0.29) is 5.91 Å². The van der Waals surface area contributed by atoms with Gasteiger partial charge in [0.25, 0.3) is 0 Å². The highest BCUT2D eigenvalue weighted by Crippen LogP contribution is 2.27. The van der Waals surface area contributed by atoms with Crippen LogP contribution in [0, 0.1) is 5.92 Å². The van der Waals surface area contributed by atoms with Crippen LogP contribution in [-0.4, -0.2) is 17.4 Å². The van der Waals surface area contributed by atoms with Gasteiger partial charge in [0.05, 0.1) is 16.6 Å². The first-order chi connectivity index (χ1) is 9.91. The Bertz CT molecular complexity index is 586. The number of rotatable bonds is 5. The Morgan fingerprint density at radius 1 is 1.29 bits per heavy atom. The van der Waals surface area contributed by atoms with Gasteiger partial charge in [-0.25, -0.2) is 4.98 Å². The lowest BCUT2D eigenvalue weighted by atomic mass is 9.83. The largest absolute Gasteiger partial charge is 0.355 e. The summed E-state index contributed by atoms with van der Waals surface area (Å²) < 4.78 is 0. The minimum Gasteiger partial charge on any atom is -0.355 e. The zero-order chi connectivity index (χ0) is 15.5. The third-order valence-corrected chi connectivity index (χ3v) is 4.16. The van der Waals surface area contributed by atoms with Crippen LogP contribution in [0.25, 0.3) is 11.3 Å². The molecular weight excluding hydrogens is 280 g/mol. The van der Waals surface area contributed by atoms with Gasteiger partial charge in [0.15, 0.2) is 0 Å². The molecule has 112 valence electrons. The molecule has 0 aliphatic heterocycles. The average Bonchev–Trinajstić information content (AvgIpc) is 2.99. The summed E-state index contributed by atoms with van der Waals surface area (Å²) in [5, 5.41) is 5.04. The van der Waals surface area contributed by atoms with Gasteiger partial charge in [-0.2, -0.15) is 0 Å². The number of amides is 1. The molecule has 2 aromatic rings. The van der Waals surface area contributed by atoms with E-state index >= 15 is 0 Å². The van der Waals surface area contributed by atoms with Crippen LogP contribution in [0.15, 0.2) is 35.2 Å². The number of nitrogens with zero attached hydrogens (tertiary/aromatic N) is 1. The second kappa shape index (κ2) is 6.39. The van der Waals surface area contributed by atoms with Crippen molar-refractivity contribution in [2.75, 3.05) is 6.54 Å². The summed E-state index contributed by atoms with van der Waals surface area (Å²) in [6.45, 7) is 8.81. The van der Waals surface area contributed by atoms with E-state index in [0.29, 0.717) is 12.5 Å². The van der Waals surface area contributed by atoms with Crippen LogP contribution >= 0.6 is 11.3 Å². The lowest BCUT2D eigenvalue weighted by molar-refractivity contribution is -0.125. The molecule has 2 rings (SSSR count). The smallest absolute Gasteiger partial charge is 0.230 e. The van der Waals surface area contributed by atoms with Crippen LogP contribution in [0.2, 0.25) is 0 Å². The number of hydrogen-bond acceptors (Lipinski definition) is 3. The average molecular weight is 302 g/mol. The molecule has 4 heteroatoms. The lowest BCUT2D eigenvalue weighted by Gasteiger charge is -2.25. The first-order valence-electron chi connectivity index (χ1n) is 7.18. The molecule has 0 fully saturated rings. The molecule has 1 heterocycles. The summed E-state index contributed by atoms with van der Waals surface area (Å²) in [6, 6.07) is 8.09. The predicted molar refractivity (Wildman–Crippen MR) is 88.4 cm³/mol. The standard InChI is InChI=1S/C17H22N2OS/c1-12(2)9-18-16(20)17(3,4)14-7-5-13(6-8-14)15-10-21-11-19-15/h5-8,10-12H,9H2,1-4H3,(H,18,20). The SMILES string of the molecule is CC(C)CNC(=O)C(C)(C)c1ccc(-c2cscn2)cc1. The summed E-state index contributed by atoms with van der Waals surface area (Å²) in [7, 11) is 0. The van der Waals surface area contributed by atoms with E-state index < -0.39 is 5.41 Å². The van der Waals surface area contributed by atoms with E-state index in [9.17, 15) is 4.79 Å². The molecule has 1 aromatic carbocycles. The number of thiazole rings is 1. The Kier molecular flexibility index (Phi) is 4.78.